The number of nitrogens with one attached hydrogen (secondary N) is 1. The lowest BCUT2D eigenvalue weighted by Gasteiger charge is -2.12. The van der Waals surface area contributed by atoms with Crippen LogP contribution in [0.4, 0.5) is 5.69 Å². The molecule has 0 heterocycles. The number of nitrogens with zero attached hydrogens (tertiary/aromatic N) is 1. The summed E-state index contributed by atoms with van der Waals surface area (Å²) in [6.45, 7) is 5.86. The zero-order chi connectivity index (χ0) is 19.3. The molecule has 26 heavy (non-hydrogen) atoms. The van der Waals surface area contributed by atoms with Crippen molar-refractivity contribution in [1.29, 1.82) is 5.26 Å². The van der Waals surface area contributed by atoms with Crippen molar-refractivity contribution in [2.24, 2.45) is 0 Å². The Morgan fingerprint density at radius 3 is 2.00 bits per heavy atom. The van der Waals surface area contributed by atoms with E-state index in [4.69, 9.17) is 9.47 Å². The van der Waals surface area contributed by atoms with E-state index < -0.39 is 5.91 Å². The van der Waals surface area contributed by atoms with Crippen LogP contribution < -0.4 is 14.8 Å². The minimum absolute atomic E-state index is 0.000295. The van der Waals surface area contributed by atoms with Gasteiger partial charge in [0.2, 0.25) is 0 Å². The van der Waals surface area contributed by atoms with E-state index in [1.54, 1.807) is 32.4 Å². The first-order chi connectivity index (χ1) is 12.4. The van der Waals surface area contributed by atoms with E-state index in [9.17, 15) is 10.1 Å². The fourth-order valence-corrected chi connectivity index (χ4v) is 2.79. The summed E-state index contributed by atoms with van der Waals surface area (Å²) < 4.78 is 10.4. The first-order valence-electron chi connectivity index (χ1n) is 8.12. The summed E-state index contributed by atoms with van der Waals surface area (Å²) in [5.74, 6) is 0.710. The number of methoxy groups -OCH3 is 2. The molecule has 0 atom stereocenters. The Hall–Kier alpha value is -3.26. The van der Waals surface area contributed by atoms with Crippen LogP contribution in [0.3, 0.4) is 0 Å². The van der Waals surface area contributed by atoms with Crippen molar-refractivity contribution in [2.45, 2.75) is 20.8 Å². The maximum absolute atomic E-state index is 12.6. The first-order valence-corrected chi connectivity index (χ1v) is 8.12. The lowest BCUT2D eigenvalue weighted by molar-refractivity contribution is -0.112. The SMILES string of the molecule is COc1cc(C=C(C#N)C(=O)Nc2c(C)cc(C)cc2C)cc(OC)c1. The minimum Gasteiger partial charge on any atom is -0.497 e. The lowest BCUT2D eigenvalue weighted by Crippen LogP contribution is -2.15. The molecular formula is C21H22N2O3. The van der Waals surface area contributed by atoms with Crippen molar-refractivity contribution in [3.63, 3.8) is 0 Å². The van der Waals surface area contributed by atoms with Gasteiger partial charge in [-0.2, -0.15) is 5.26 Å². The molecule has 0 aliphatic rings. The lowest BCUT2D eigenvalue weighted by atomic mass is 10.0. The van der Waals surface area contributed by atoms with Gasteiger partial charge in [-0.3, -0.25) is 4.79 Å². The van der Waals surface area contributed by atoms with E-state index in [1.165, 1.54) is 6.08 Å². The van der Waals surface area contributed by atoms with E-state index in [-0.39, 0.29) is 5.57 Å². The highest BCUT2D eigenvalue weighted by atomic mass is 16.5. The number of benzene rings is 2. The summed E-state index contributed by atoms with van der Waals surface area (Å²) in [6.07, 6.45) is 1.51. The second-order valence-corrected chi connectivity index (χ2v) is 6.04. The molecule has 0 aliphatic carbocycles. The molecule has 5 nitrogen and oxygen atoms in total. The smallest absolute Gasteiger partial charge is 0.266 e. The van der Waals surface area contributed by atoms with Crippen LogP contribution in [-0.2, 0) is 4.79 Å². The van der Waals surface area contributed by atoms with Gasteiger partial charge in [-0.1, -0.05) is 17.7 Å². The van der Waals surface area contributed by atoms with Gasteiger partial charge in [0.1, 0.15) is 23.1 Å². The number of carbonyl (C=O) groups excluding carboxylic acids is 1. The summed E-state index contributed by atoms with van der Waals surface area (Å²) in [5, 5.41) is 12.3. The molecule has 0 aromatic heterocycles. The highest BCUT2D eigenvalue weighted by Gasteiger charge is 2.13. The fourth-order valence-electron chi connectivity index (χ4n) is 2.79. The molecule has 0 saturated heterocycles. The Morgan fingerprint density at radius 1 is 1.00 bits per heavy atom. The standard InChI is InChI=1S/C21H22N2O3/c1-13-6-14(2)20(15(3)7-13)23-21(24)17(12-22)8-16-9-18(25-4)11-19(10-16)26-5/h6-11H,1-5H3,(H,23,24). The number of nitriles is 1. The van der Waals surface area contributed by atoms with Crippen LogP contribution in [0.1, 0.15) is 22.3 Å². The van der Waals surface area contributed by atoms with Crippen LogP contribution in [0, 0.1) is 32.1 Å². The van der Waals surface area contributed by atoms with Gasteiger partial charge in [-0.05, 0) is 55.7 Å². The van der Waals surface area contributed by atoms with Gasteiger partial charge < -0.3 is 14.8 Å². The van der Waals surface area contributed by atoms with Crippen molar-refractivity contribution < 1.29 is 14.3 Å². The topological polar surface area (TPSA) is 71.3 Å². The Kier molecular flexibility index (Phi) is 6.03. The Bertz CT molecular complexity index is 863. The molecule has 0 aliphatic heterocycles. The number of hydrogen-bond acceptors (Lipinski definition) is 4. The zero-order valence-electron chi connectivity index (χ0n) is 15.6. The van der Waals surface area contributed by atoms with E-state index in [2.05, 4.69) is 5.32 Å². The fraction of sp³-hybridized carbons (Fsp3) is 0.238. The first kappa shape index (κ1) is 19.1. The molecular weight excluding hydrogens is 328 g/mol. The molecule has 5 heteroatoms. The van der Waals surface area contributed by atoms with Gasteiger partial charge in [0.15, 0.2) is 0 Å². The summed E-state index contributed by atoms with van der Waals surface area (Å²) in [6, 6.07) is 11.1. The molecule has 0 radical (unpaired) electrons. The normalized spacial score (nSPS) is 10.8. The molecule has 0 bridgehead atoms. The number of rotatable bonds is 5. The van der Waals surface area contributed by atoms with Crippen LogP contribution in [0.5, 0.6) is 11.5 Å². The maximum atomic E-state index is 12.6. The average Bonchev–Trinajstić information content (AvgIpc) is 2.61. The maximum Gasteiger partial charge on any atom is 0.266 e. The molecule has 1 amide bonds. The van der Waals surface area contributed by atoms with Gasteiger partial charge in [0.25, 0.3) is 5.91 Å². The number of amides is 1. The molecule has 0 unspecified atom stereocenters. The third kappa shape index (κ3) is 4.42. The summed E-state index contributed by atoms with van der Waals surface area (Å²) in [7, 11) is 3.09. The van der Waals surface area contributed by atoms with Gasteiger partial charge in [0.05, 0.1) is 14.2 Å². The molecule has 0 spiro atoms. The molecule has 2 aromatic rings. The number of aryl methyl sites for hydroxylation is 3. The number of carbonyl (C=O) groups is 1. The van der Waals surface area contributed by atoms with Crippen LogP contribution in [0.2, 0.25) is 0 Å². The van der Waals surface area contributed by atoms with E-state index >= 15 is 0 Å². The van der Waals surface area contributed by atoms with Crippen molar-refractivity contribution in [2.75, 3.05) is 19.5 Å². The molecule has 2 rings (SSSR count). The predicted octanol–water partition coefficient (Wildman–Crippen LogP) is 4.17. The molecule has 0 fully saturated rings. The molecule has 0 saturated carbocycles. The van der Waals surface area contributed by atoms with Gasteiger partial charge >= 0.3 is 0 Å². The monoisotopic (exact) mass is 350 g/mol. The van der Waals surface area contributed by atoms with E-state index in [1.807, 2.05) is 39.0 Å². The molecule has 1 N–H and O–H groups in total. The average molecular weight is 350 g/mol. The summed E-state index contributed by atoms with van der Waals surface area (Å²) in [5.41, 5.74) is 4.40. The summed E-state index contributed by atoms with van der Waals surface area (Å²) in [4.78, 5) is 12.6. The number of ether oxygens (including phenoxy) is 2. The summed E-state index contributed by atoms with van der Waals surface area (Å²) >= 11 is 0. The van der Waals surface area contributed by atoms with Gasteiger partial charge in [-0.15, -0.1) is 0 Å². The minimum atomic E-state index is -0.454. The Balaban J connectivity index is 2.35. The van der Waals surface area contributed by atoms with Crippen molar-refractivity contribution >= 4 is 17.7 Å². The van der Waals surface area contributed by atoms with Crippen LogP contribution in [0.15, 0.2) is 35.9 Å². The molecule has 2 aromatic carbocycles. The second kappa shape index (κ2) is 8.21. The van der Waals surface area contributed by atoms with Crippen LogP contribution >= 0.6 is 0 Å². The van der Waals surface area contributed by atoms with Crippen molar-refractivity contribution in [3.8, 4) is 17.6 Å². The second-order valence-electron chi connectivity index (χ2n) is 6.04. The van der Waals surface area contributed by atoms with Crippen LogP contribution in [-0.4, -0.2) is 20.1 Å². The van der Waals surface area contributed by atoms with Crippen LogP contribution in [0.25, 0.3) is 6.08 Å². The van der Waals surface area contributed by atoms with Crippen molar-refractivity contribution in [3.05, 3.63) is 58.2 Å². The highest BCUT2D eigenvalue weighted by molar-refractivity contribution is 6.10. The molecule has 134 valence electrons. The van der Waals surface area contributed by atoms with Gasteiger partial charge in [-0.25, -0.2) is 0 Å². The largest absolute Gasteiger partial charge is 0.497 e. The Morgan fingerprint density at radius 2 is 1.54 bits per heavy atom. The third-order valence-corrected chi connectivity index (χ3v) is 3.97. The number of anilines is 1. The third-order valence-electron chi connectivity index (χ3n) is 3.97. The Labute approximate surface area is 153 Å². The highest BCUT2D eigenvalue weighted by Crippen LogP contribution is 2.25. The van der Waals surface area contributed by atoms with Gasteiger partial charge in [0, 0.05) is 11.8 Å². The van der Waals surface area contributed by atoms with Crippen molar-refractivity contribution in [1.82, 2.24) is 0 Å². The predicted molar refractivity (Wildman–Crippen MR) is 102 cm³/mol. The zero-order valence-corrected chi connectivity index (χ0v) is 15.6. The van der Waals surface area contributed by atoms with E-state index in [0.29, 0.717) is 17.1 Å². The number of hydrogen-bond donors (Lipinski definition) is 1. The quantitative estimate of drug-likeness (QED) is 0.649. The van der Waals surface area contributed by atoms with E-state index in [0.717, 1.165) is 22.4 Å².